The van der Waals surface area contributed by atoms with Crippen LogP contribution in [0.5, 0.6) is 0 Å². The van der Waals surface area contributed by atoms with Crippen LogP contribution >= 0.6 is 11.8 Å². The standard InChI is InChI=1S/C7H14N2S/c1-2-9-3-4-10-6-7(9)5-8-1/h7-8H,1-6H2. The molecule has 0 spiro atoms. The van der Waals surface area contributed by atoms with Crippen LogP contribution in [0.15, 0.2) is 0 Å². The largest absolute Gasteiger partial charge is 0.314 e. The van der Waals surface area contributed by atoms with Crippen molar-refractivity contribution in [3.8, 4) is 0 Å². The van der Waals surface area contributed by atoms with E-state index >= 15 is 0 Å². The van der Waals surface area contributed by atoms with Crippen LogP contribution in [0, 0.1) is 0 Å². The Morgan fingerprint density at radius 1 is 1.40 bits per heavy atom. The van der Waals surface area contributed by atoms with E-state index in [0.29, 0.717) is 0 Å². The van der Waals surface area contributed by atoms with E-state index < -0.39 is 0 Å². The Balaban J connectivity index is 1.93. The van der Waals surface area contributed by atoms with Crippen molar-refractivity contribution in [2.75, 3.05) is 37.7 Å². The Kier molecular flexibility index (Phi) is 2.16. The Hall–Kier alpha value is 0.270. The summed E-state index contributed by atoms with van der Waals surface area (Å²) in [5.41, 5.74) is 0. The van der Waals surface area contributed by atoms with Crippen LogP contribution in [-0.2, 0) is 0 Å². The van der Waals surface area contributed by atoms with Crippen LogP contribution in [0.4, 0.5) is 0 Å². The van der Waals surface area contributed by atoms with Gasteiger partial charge in [-0.1, -0.05) is 0 Å². The zero-order valence-corrected chi connectivity index (χ0v) is 6.99. The number of rotatable bonds is 0. The van der Waals surface area contributed by atoms with Crippen LogP contribution < -0.4 is 5.32 Å². The van der Waals surface area contributed by atoms with Gasteiger partial charge >= 0.3 is 0 Å². The maximum Gasteiger partial charge on any atom is 0.0312 e. The van der Waals surface area contributed by atoms with Crippen LogP contribution in [-0.4, -0.2) is 48.6 Å². The maximum absolute atomic E-state index is 3.43. The molecule has 2 aliphatic rings. The number of nitrogens with one attached hydrogen (secondary N) is 1. The van der Waals surface area contributed by atoms with Crippen molar-refractivity contribution >= 4 is 11.8 Å². The minimum atomic E-state index is 0.840. The second-order valence-electron chi connectivity index (χ2n) is 2.97. The lowest BCUT2D eigenvalue weighted by molar-refractivity contribution is 0.182. The van der Waals surface area contributed by atoms with Gasteiger partial charge in [0.2, 0.25) is 0 Å². The van der Waals surface area contributed by atoms with Crippen molar-refractivity contribution < 1.29 is 0 Å². The van der Waals surface area contributed by atoms with Gasteiger partial charge in [-0.15, -0.1) is 0 Å². The van der Waals surface area contributed by atoms with E-state index in [2.05, 4.69) is 22.0 Å². The lowest BCUT2D eigenvalue weighted by Gasteiger charge is -2.39. The summed E-state index contributed by atoms with van der Waals surface area (Å²) in [6.45, 7) is 5.00. The van der Waals surface area contributed by atoms with Crippen LogP contribution in [0.2, 0.25) is 0 Å². The molecule has 0 aromatic heterocycles. The van der Waals surface area contributed by atoms with Crippen molar-refractivity contribution in [2.24, 2.45) is 0 Å². The first-order valence-electron chi connectivity index (χ1n) is 3.99. The molecule has 1 atom stereocenters. The van der Waals surface area contributed by atoms with Gasteiger partial charge in [0.25, 0.3) is 0 Å². The van der Waals surface area contributed by atoms with E-state index in [-0.39, 0.29) is 0 Å². The maximum atomic E-state index is 3.43. The predicted octanol–water partition coefficient (Wildman–Crippen LogP) is 0.00700. The van der Waals surface area contributed by atoms with E-state index in [9.17, 15) is 0 Å². The molecule has 2 rings (SSSR count). The average Bonchev–Trinajstić information content (AvgIpc) is 2.05. The summed E-state index contributed by atoms with van der Waals surface area (Å²) >= 11 is 2.10. The minimum Gasteiger partial charge on any atom is -0.314 e. The van der Waals surface area contributed by atoms with Gasteiger partial charge in [-0.05, 0) is 0 Å². The van der Waals surface area contributed by atoms with Gasteiger partial charge in [-0.3, -0.25) is 4.90 Å². The highest BCUT2D eigenvalue weighted by Crippen LogP contribution is 2.16. The highest BCUT2D eigenvalue weighted by atomic mass is 32.2. The smallest absolute Gasteiger partial charge is 0.0312 e. The van der Waals surface area contributed by atoms with Gasteiger partial charge in [0, 0.05) is 43.7 Å². The Labute approximate surface area is 66.4 Å². The van der Waals surface area contributed by atoms with Crippen LogP contribution in [0.25, 0.3) is 0 Å². The fourth-order valence-corrected chi connectivity index (χ4v) is 2.79. The van der Waals surface area contributed by atoms with Crippen LogP contribution in [0.3, 0.4) is 0 Å². The van der Waals surface area contributed by atoms with Crippen LogP contribution in [0.1, 0.15) is 0 Å². The molecule has 0 bridgehead atoms. The van der Waals surface area contributed by atoms with E-state index in [1.54, 1.807) is 0 Å². The van der Waals surface area contributed by atoms with Crippen molar-refractivity contribution in [2.45, 2.75) is 6.04 Å². The number of thioether (sulfide) groups is 1. The molecule has 2 heterocycles. The number of hydrogen-bond acceptors (Lipinski definition) is 3. The molecule has 0 saturated carbocycles. The molecular formula is C7H14N2S. The SMILES string of the molecule is C1CN2CCSCC2CN1. The van der Waals surface area contributed by atoms with Crippen molar-refractivity contribution in [3.05, 3.63) is 0 Å². The fraction of sp³-hybridized carbons (Fsp3) is 1.00. The van der Waals surface area contributed by atoms with Crippen molar-refractivity contribution in [1.82, 2.24) is 10.2 Å². The summed E-state index contributed by atoms with van der Waals surface area (Å²) in [6, 6.07) is 0.840. The van der Waals surface area contributed by atoms with Crippen molar-refractivity contribution in [3.63, 3.8) is 0 Å². The molecule has 0 amide bonds. The summed E-state index contributed by atoms with van der Waals surface area (Å²) in [5.74, 6) is 2.68. The molecule has 0 aliphatic carbocycles. The molecule has 2 aliphatic heterocycles. The van der Waals surface area contributed by atoms with Gasteiger partial charge in [0.15, 0.2) is 0 Å². The van der Waals surface area contributed by atoms with Gasteiger partial charge in [-0.2, -0.15) is 11.8 Å². The van der Waals surface area contributed by atoms with E-state index in [1.165, 1.54) is 37.7 Å². The molecule has 3 heteroatoms. The Bertz CT molecular complexity index is 92.2. The molecule has 2 fully saturated rings. The Morgan fingerprint density at radius 3 is 3.30 bits per heavy atom. The summed E-state index contributed by atoms with van der Waals surface area (Å²) in [7, 11) is 0. The first-order valence-corrected chi connectivity index (χ1v) is 5.15. The Morgan fingerprint density at radius 2 is 2.40 bits per heavy atom. The van der Waals surface area contributed by atoms with Gasteiger partial charge in [0.05, 0.1) is 0 Å². The van der Waals surface area contributed by atoms with E-state index in [4.69, 9.17) is 0 Å². The first kappa shape index (κ1) is 6.95. The first-order chi connectivity index (χ1) is 4.97. The third-order valence-corrected chi connectivity index (χ3v) is 3.40. The summed E-state index contributed by atoms with van der Waals surface area (Å²) in [6.07, 6.45) is 0. The molecule has 1 N–H and O–H groups in total. The average molecular weight is 158 g/mol. The second-order valence-corrected chi connectivity index (χ2v) is 4.12. The third kappa shape index (κ3) is 1.31. The quantitative estimate of drug-likeness (QED) is 0.534. The molecule has 2 saturated heterocycles. The number of piperazine rings is 1. The fourth-order valence-electron chi connectivity index (χ4n) is 1.66. The van der Waals surface area contributed by atoms with Gasteiger partial charge in [-0.25, -0.2) is 0 Å². The zero-order chi connectivity index (χ0) is 6.81. The second kappa shape index (κ2) is 3.11. The van der Waals surface area contributed by atoms with Gasteiger partial charge in [0.1, 0.15) is 0 Å². The van der Waals surface area contributed by atoms with E-state index in [0.717, 1.165) is 6.04 Å². The highest BCUT2D eigenvalue weighted by molar-refractivity contribution is 7.99. The minimum absolute atomic E-state index is 0.840. The molecular weight excluding hydrogens is 144 g/mol. The topological polar surface area (TPSA) is 15.3 Å². The molecule has 0 radical (unpaired) electrons. The number of fused-ring (bicyclic) bond motifs is 1. The lowest BCUT2D eigenvalue weighted by Crippen LogP contribution is -2.54. The summed E-state index contributed by atoms with van der Waals surface area (Å²) in [4.78, 5) is 2.62. The monoisotopic (exact) mass is 158 g/mol. The molecule has 10 heavy (non-hydrogen) atoms. The number of nitrogens with zero attached hydrogens (tertiary/aromatic N) is 1. The summed E-state index contributed by atoms with van der Waals surface area (Å²) < 4.78 is 0. The normalized spacial score (nSPS) is 35.4. The number of hydrogen-bond donors (Lipinski definition) is 1. The predicted molar refractivity (Wildman–Crippen MR) is 45.6 cm³/mol. The highest BCUT2D eigenvalue weighted by Gasteiger charge is 2.24. The lowest BCUT2D eigenvalue weighted by atomic mass is 10.2. The van der Waals surface area contributed by atoms with Gasteiger partial charge < -0.3 is 5.32 Å². The summed E-state index contributed by atoms with van der Waals surface area (Å²) in [5, 5.41) is 3.43. The third-order valence-electron chi connectivity index (χ3n) is 2.31. The molecule has 1 unspecified atom stereocenters. The zero-order valence-electron chi connectivity index (χ0n) is 6.18. The molecule has 0 aromatic rings. The molecule has 0 aromatic carbocycles. The van der Waals surface area contributed by atoms with Crippen molar-refractivity contribution in [1.29, 1.82) is 0 Å². The molecule has 2 nitrogen and oxygen atoms in total. The van der Waals surface area contributed by atoms with E-state index in [1.807, 2.05) is 0 Å². The molecule has 58 valence electrons.